The maximum absolute atomic E-state index is 10.6. The molecular formula is C13H19ClN4O. The fraction of sp³-hybridized carbons (Fsp3) is 0.538. The predicted octanol–water partition coefficient (Wildman–Crippen LogP) is 2.19. The molecule has 0 spiro atoms. The molecule has 0 aliphatic rings. The Hall–Kier alpha value is -1.33. The van der Waals surface area contributed by atoms with Crippen LogP contribution in [0, 0.1) is 0 Å². The van der Waals surface area contributed by atoms with E-state index < -0.39 is 6.10 Å². The maximum atomic E-state index is 10.6. The minimum Gasteiger partial charge on any atom is -0.382 e. The van der Waals surface area contributed by atoms with Crippen LogP contribution < -0.4 is 0 Å². The topological polar surface area (TPSA) is 55.9 Å². The summed E-state index contributed by atoms with van der Waals surface area (Å²) < 4.78 is 3.30. The van der Waals surface area contributed by atoms with E-state index in [1.807, 2.05) is 13.2 Å². The normalized spacial score (nSPS) is 13.8. The molecule has 19 heavy (non-hydrogen) atoms. The predicted molar refractivity (Wildman–Crippen MR) is 74.2 cm³/mol. The first kappa shape index (κ1) is 14.1. The fourth-order valence-electron chi connectivity index (χ4n) is 2.16. The van der Waals surface area contributed by atoms with Crippen molar-refractivity contribution in [2.75, 3.05) is 0 Å². The van der Waals surface area contributed by atoms with E-state index in [1.165, 1.54) is 6.20 Å². The number of aromatic nitrogens is 4. The zero-order valence-electron chi connectivity index (χ0n) is 11.8. The lowest BCUT2D eigenvalue weighted by molar-refractivity contribution is 0.207. The van der Waals surface area contributed by atoms with Crippen molar-refractivity contribution in [3.8, 4) is 0 Å². The van der Waals surface area contributed by atoms with E-state index in [-0.39, 0.29) is 5.41 Å². The highest BCUT2D eigenvalue weighted by atomic mass is 35.5. The summed E-state index contributed by atoms with van der Waals surface area (Å²) >= 11 is 6.09. The van der Waals surface area contributed by atoms with E-state index in [0.29, 0.717) is 10.7 Å². The molecule has 0 aliphatic heterocycles. The highest BCUT2D eigenvalue weighted by Crippen LogP contribution is 2.33. The summed E-state index contributed by atoms with van der Waals surface area (Å²) in [6.07, 6.45) is 2.53. The molecule has 2 aromatic rings. The van der Waals surface area contributed by atoms with Crippen LogP contribution in [0.15, 0.2) is 12.4 Å². The summed E-state index contributed by atoms with van der Waals surface area (Å²) in [5, 5.41) is 19.6. The Balaban J connectivity index is 2.54. The Labute approximate surface area is 117 Å². The summed E-state index contributed by atoms with van der Waals surface area (Å²) in [5.74, 6) is 0. The molecule has 2 rings (SSSR count). The van der Waals surface area contributed by atoms with Gasteiger partial charge in [0.25, 0.3) is 0 Å². The van der Waals surface area contributed by atoms with Gasteiger partial charge in [-0.05, 0) is 0 Å². The van der Waals surface area contributed by atoms with Crippen molar-refractivity contribution < 1.29 is 5.11 Å². The lowest BCUT2D eigenvalue weighted by atomic mass is 9.87. The molecule has 0 saturated carbocycles. The molecule has 0 fully saturated rings. The van der Waals surface area contributed by atoms with Crippen LogP contribution in [0.2, 0.25) is 5.02 Å². The van der Waals surface area contributed by atoms with Gasteiger partial charge in [-0.2, -0.15) is 10.2 Å². The van der Waals surface area contributed by atoms with Gasteiger partial charge in [0.15, 0.2) is 0 Å². The quantitative estimate of drug-likeness (QED) is 0.919. The van der Waals surface area contributed by atoms with Crippen molar-refractivity contribution >= 4 is 11.6 Å². The van der Waals surface area contributed by atoms with Crippen LogP contribution in [0.4, 0.5) is 0 Å². The Kier molecular flexibility index (Phi) is 3.45. The smallest absolute Gasteiger partial charge is 0.125 e. The summed E-state index contributed by atoms with van der Waals surface area (Å²) in [5.41, 5.74) is 2.06. The number of hydrogen-bond donors (Lipinski definition) is 1. The van der Waals surface area contributed by atoms with Crippen LogP contribution in [0.5, 0.6) is 0 Å². The van der Waals surface area contributed by atoms with E-state index in [4.69, 9.17) is 11.6 Å². The Morgan fingerprint density at radius 2 is 1.95 bits per heavy atom. The molecule has 0 aromatic carbocycles. The first-order chi connectivity index (χ1) is 8.71. The third-order valence-electron chi connectivity index (χ3n) is 3.06. The van der Waals surface area contributed by atoms with Gasteiger partial charge in [0.1, 0.15) is 6.10 Å². The van der Waals surface area contributed by atoms with Crippen molar-refractivity contribution in [2.24, 2.45) is 14.1 Å². The third-order valence-corrected chi connectivity index (χ3v) is 3.35. The molecule has 104 valence electrons. The van der Waals surface area contributed by atoms with Gasteiger partial charge in [0.05, 0.1) is 22.6 Å². The zero-order chi connectivity index (χ0) is 14.4. The highest BCUT2D eigenvalue weighted by molar-refractivity contribution is 6.31. The zero-order valence-corrected chi connectivity index (χ0v) is 12.6. The van der Waals surface area contributed by atoms with Gasteiger partial charge in [-0.1, -0.05) is 32.4 Å². The summed E-state index contributed by atoms with van der Waals surface area (Å²) in [7, 11) is 3.61. The van der Waals surface area contributed by atoms with Crippen molar-refractivity contribution in [3.05, 3.63) is 34.4 Å². The van der Waals surface area contributed by atoms with Crippen LogP contribution in [-0.4, -0.2) is 24.7 Å². The van der Waals surface area contributed by atoms with Crippen molar-refractivity contribution in [1.82, 2.24) is 19.6 Å². The largest absolute Gasteiger partial charge is 0.382 e. The monoisotopic (exact) mass is 282 g/mol. The van der Waals surface area contributed by atoms with E-state index >= 15 is 0 Å². The number of aryl methyl sites for hydroxylation is 2. The maximum Gasteiger partial charge on any atom is 0.125 e. The summed E-state index contributed by atoms with van der Waals surface area (Å²) in [6, 6.07) is 0. The van der Waals surface area contributed by atoms with Gasteiger partial charge in [0.2, 0.25) is 0 Å². The molecule has 0 amide bonds. The second kappa shape index (κ2) is 4.65. The summed E-state index contributed by atoms with van der Waals surface area (Å²) in [6.45, 7) is 6.20. The number of nitrogens with zero attached hydrogens (tertiary/aromatic N) is 4. The van der Waals surface area contributed by atoms with Gasteiger partial charge in [-0.3, -0.25) is 9.36 Å². The lowest BCUT2D eigenvalue weighted by Crippen LogP contribution is -2.17. The Morgan fingerprint density at radius 3 is 2.42 bits per heavy atom. The second-order valence-electron chi connectivity index (χ2n) is 5.76. The van der Waals surface area contributed by atoms with E-state index in [2.05, 4.69) is 31.0 Å². The lowest BCUT2D eigenvalue weighted by Gasteiger charge is -2.20. The molecule has 2 aromatic heterocycles. The number of halogens is 1. The van der Waals surface area contributed by atoms with Crippen molar-refractivity contribution in [2.45, 2.75) is 32.3 Å². The minimum absolute atomic E-state index is 0.150. The average Bonchev–Trinajstić information content (AvgIpc) is 2.81. The fourth-order valence-corrected chi connectivity index (χ4v) is 2.43. The van der Waals surface area contributed by atoms with Crippen LogP contribution in [0.3, 0.4) is 0 Å². The van der Waals surface area contributed by atoms with Crippen LogP contribution in [-0.2, 0) is 19.5 Å². The van der Waals surface area contributed by atoms with E-state index in [0.717, 1.165) is 11.3 Å². The van der Waals surface area contributed by atoms with Gasteiger partial charge in [-0.15, -0.1) is 0 Å². The van der Waals surface area contributed by atoms with E-state index in [9.17, 15) is 5.11 Å². The molecule has 2 heterocycles. The second-order valence-corrected chi connectivity index (χ2v) is 6.17. The van der Waals surface area contributed by atoms with Crippen molar-refractivity contribution in [3.63, 3.8) is 0 Å². The number of aliphatic hydroxyl groups is 1. The molecular weight excluding hydrogens is 264 g/mol. The summed E-state index contributed by atoms with van der Waals surface area (Å²) in [4.78, 5) is 0. The number of aliphatic hydroxyl groups excluding tert-OH is 1. The minimum atomic E-state index is -0.831. The Morgan fingerprint density at radius 1 is 1.32 bits per heavy atom. The van der Waals surface area contributed by atoms with Crippen LogP contribution >= 0.6 is 11.6 Å². The van der Waals surface area contributed by atoms with Crippen molar-refractivity contribution in [1.29, 1.82) is 0 Å². The molecule has 0 bridgehead atoms. The standard InChI is InChI=1S/C13H19ClN4O/c1-13(2,3)12-8(7-17(4)16-12)11(19)10-9(14)6-15-18(10)5/h6-7,11,19H,1-5H3. The molecule has 0 aliphatic carbocycles. The van der Waals surface area contributed by atoms with Crippen LogP contribution in [0.1, 0.15) is 43.8 Å². The first-order valence-electron chi connectivity index (χ1n) is 6.11. The third kappa shape index (κ3) is 2.53. The van der Waals surface area contributed by atoms with Gasteiger partial charge >= 0.3 is 0 Å². The van der Waals surface area contributed by atoms with Gasteiger partial charge in [-0.25, -0.2) is 0 Å². The number of rotatable bonds is 2. The molecule has 6 heteroatoms. The van der Waals surface area contributed by atoms with Gasteiger partial charge < -0.3 is 5.11 Å². The Bertz CT molecular complexity index is 575. The average molecular weight is 283 g/mol. The van der Waals surface area contributed by atoms with E-state index in [1.54, 1.807) is 16.4 Å². The SMILES string of the molecule is Cn1cc(C(O)c2c(Cl)cnn2C)c(C(C)(C)C)n1. The molecule has 5 nitrogen and oxygen atoms in total. The van der Waals surface area contributed by atoms with Gasteiger partial charge in [0, 0.05) is 31.3 Å². The molecule has 1 atom stereocenters. The molecule has 1 unspecified atom stereocenters. The molecule has 0 saturated heterocycles. The molecule has 0 radical (unpaired) electrons. The van der Waals surface area contributed by atoms with Crippen LogP contribution in [0.25, 0.3) is 0 Å². The highest BCUT2D eigenvalue weighted by Gasteiger charge is 2.29. The number of hydrogen-bond acceptors (Lipinski definition) is 3. The first-order valence-corrected chi connectivity index (χ1v) is 6.49. The molecule has 1 N–H and O–H groups in total.